The van der Waals surface area contributed by atoms with Crippen LogP contribution in [0.4, 0.5) is 13.2 Å². The maximum absolute atomic E-state index is 12.4. The summed E-state index contributed by atoms with van der Waals surface area (Å²) in [6, 6.07) is 4.84. The van der Waals surface area contributed by atoms with E-state index in [9.17, 15) is 13.2 Å². The summed E-state index contributed by atoms with van der Waals surface area (Å²) in [5.74, 6) is 1.08. The number of benzene rings is 1. The molecule has 0 amide bonds. The highest BCUT2D eigenvalue weighted by Gasteiger charge is 2.39. The molecule has 18 heavy (non-hydrogen) atoms. The van der Waals surface area contributed by atoms with E-state index in [1.165, 1.54) is 0 Å². The van der Waals surface area contributed by atoms with Crippen LogP contribution in [0.15, 0.2) is 18.2 Å². The average Bonchev–Trinajstić information content (AvgIpc) is 2.75. The zero-order valence-electron chi connectivity index (χ0n) is 9.37. The number of hydrogen-bond acceptors (Lipinski definition) is 4. The first-order chi connectivity index (χ1) is 8.50. The average molecular weight is 263 g/mol. The Morgan fingerprint density at radius 2 is 2.00 bits per heavy atom. The monoisotopic (exact) mass is 263 g/mol. The normalized spacial score (nSPS) is 15.8. The van der Waals surface area contributed by atoms with E-state index in [2.05, 4.69) is 0 Å². The molecule has 1 aromatic rings. The Morgan fingerprint density at radius 1 is 1.28 bits per heavy atom. The second kappa shape index (κ2) is 5.03. The lowest BCUT2D eigenvalue weighted by Gasteiger charge is -2.19. The van der Waals surface area contributed by atoms with E-state index in [-0.39, 0.29) is 13.4 Å². The van der Waals surface area contributed by atoms with Crippen LogP contribution >= 0.6 is 0 Å². The largest absolute Gasteiger partial charge is 0.454 e. The zero-order chi connectivity index (χ0) is 13.2. The van der Waals surface area contributed by atoms with E-state index in [4.69, 9.17) is 19.9 Å². The van der Waals surface area contributed by atoms with Crippen LogP contribution in [0.1, 0.15) is 5.56 Å². The predicted octanol–water partition coefficient (Wildman–Crippen LogP) is 1.82. The van der Waals surface area contributed by atoms with E-state index in [0.717, 1.165) is 0 Å². The summed E-state index contributed by atoms with van der Waals surface area (Å²) in [5, 5.41) is 0. The first kappa shape index (κ1) is 13.0. The SMILES string of the molecule is NCC(OCc1ccc2c(c1)OCO2)C(F)(F)F. The molecule has 0 saturated carbocycles. The third kappa shape index (κ3) is 2.85. The molecular weight excluding hydrogens is 251 g/mol. The van der Waals surface area contributed by atoms with Crippen LogP contribution in [0, 0.1) is 0 Å². The van der Waals surface area contributed by atoms with E-state index >= 15 is 0 Å². The number of rotatable bonds is 4. The second-order valence-electron chi connectivity index (χ2n) is 3.76. The fourth-order valence-electron chi connectivity index (χ4n) is 1.52. The molecule has 0 fully saturated rings. The van der Waals surface area contributed by atoms with Gasteiger partial charge in [0.05, 0.1) is 6.61 Å². The summed E-state index contributed by atoms with van der Waals surface area (Å²) in [7, 11) is 0. The summed E-state index contributed by atoms with van der Waals surface area (Å²) in [4.78, 5) is 0. The molecule has 0 bridgehead atoms. The third-order valence-electron chi connectivity index (χ3n) is 2.47. The Balaban J connectivity index is 1.98. The highest BCUT2D eigenvalue weighted by molar-refractivity contribution is 5.44. The number of alkyl halides is 3. The van der Waals surface area contributed by atoms with Gasteiger partial charge in [-0.2, -0.15) is 13.2 Å². The van der Waals surface area contributed by atoms with Crippen LogP contribution in [0.5, 0.6) is 11.5 Å². The lowest BCUT2D eigenvalue weighted by atomic mass is 10.2. The maximum atomic E-state index is 12.4. The lowest BCUT2D eigenvalue weighted by Crippen LogP contribution is -2.38. The first-order valence-electron chi connectivity index (χ1n) is 5.27. The molecule has 2 rings (SSSR count). The highest BCUT2D eigenvalue weighted by Crippen LogP contribution is 2.33. The maximum Gasteiger partial charge on any atom is 0.415 e. The number of hydrogen-bond donors (Lipinski definition) is 1. The van der Waals surface area contributed by atoms with Crippen molar-refractivity contribution >= 4 is 0 Å². The van der Waals surface area contributed by atoms with Gasteiger partial charge in [0.1, 0.15) is 0 Å². The van der Waals surface area contributed by atoms with Crippen LogP contribution in [0.2, 0.25) is 0 Å². The number of halogens is 3. The molecule has 1 aliphatic rings. The van der Waals surface area contributed by atoms with Crippen molar-refractivity contribution in [2.24, 2.45) is 5.73 Å². The molecule has 7 heteroatoms. The van der Waals surface area contributed by atoms with Crippen molar-refractivity contribution in [1.29, 1.82) is 0 Å². The molecular formula is C11H12F3NO3. The van der Waals surface area contributed by atoms with Crippen LogP contribution in [-0.4, -0.2) is 25.6 Å². The molecule has 1 atom stereocenters. The van der Waals surface area contributed by atoms with Gasteiger partial charge in [-0.05, 0) is 17.7 Å². The van der Waals surface area contributed by atoms with Gasteiger partial charge in [-0.1, -0.05) is 6.07 Å². The van der Waals surface area contributed by atoms with E-state index in [1.54, 1.807) is 18.2 Å². The van der Waals surface area contributed by atoms with Crippen LogP contribution in [0.25, 0.3) is 0 Å². The molecule has 0 spiro atoms. The molecule has 0 saturated heterocycles. The van der Waals surface area contributed by atoms with Gasteiger partial charge in [0.15, 0.2) is 17.6 Å². The van der Waals surface area contributed by atoms with E-state index in [1.807, 2.05) is 0 Å². The molecule has 100 valence electrons. The molecule has 2 N–H and O–H groups in total. The summed E-state index contributed by atoms with van der Waals surface area (Å²) in [6.45, 7) is -0.667. The molecule has 4 nitrogen and oxygen atoms in total. The highest BCUT2D eigenvalue weighted by atomic mass is 19.4. The van der Waals surface area contributed by atoms with Gasteiger partial charge < -0.3 is 19.9 Å². The third-order valence-corrected chi connectivity index (χ3v) is 2.47. The van der Waals surface area contributed by atoms with Crippen molar-refractivity contribution < 1.29 is 27.4 Å². The number of fused-ring (bicyclic) bond motifs is 1. The topological polar surface area (TPSA) is 53.7 Å². The van der Waals surface area contributed by atoms with Gasteiger partial charge >= 0.3 is 6.18 Å². The Kier molecular flexibility index (Phi) is 3.63. The Morgan fingerprint density at radius 3 is 2.67 bits per heavy atom. The lowest BCUT2D eigenvalue weighted by molar-refractivity contribution is -0.219. The van der Waals surface area contributed by atoms with Crippen LogP contribution < -0.4 is 15.2 Å². The molecule has 0 aromatic heterocycles. The summed E-state index contributed by atoms with van der Waals surface area (Å²) < 4.78 is 52.1. The molecule has 1 unspecified atom stereocenters. The number of nitrogens with two attached hydrogens (primary N) is 1. The quantitative estimate of drug-likeness (QED) is 0.900. The van der Waals surface area contributed by atoms with Gasteiger partial charge in [0.2, 0.25) is 6.79 Å². The molecule has 0 aliphatic carbocycles. The fourth-order valence-corrected chi connectivity index (χ4v) is 1.52. The van der Waals surface area contributed by atoms with E-state index in [0.29, 0.717) is 17.1 Å². The molecule has 1 aliphatic heterocycles. The minimum Gasteiger partial charge on any atom is -0.454 e. The van der Waals surface area contributed by atoms with E-state index < -0.39 is 18.8 Å². The second-order valence-corrected chi connectivity index (χ2v) is 3.76. The standard InChI is InChI=1S/C11H12F3NO3/c12-11(13,14)10(4-15)16-5-7-1-2-8-9(3-7)18-6-17-8/h1-3,10H,4-6,15H2. The Bertz CT molecular complexity index is 422. The van der Waals surface area contributed by atoms with Gasteiger partial charge in [-0.15, -0.1) is 0 Å². The van der Waals surface area contributed by atoms with Gasteiger partial charge in [-0.3, -0.25) is 0 Å². The Hall–Kier alpha value is -1.47. The van der Waals surface area contributed by atoms with Gasteiger partial charge in [0, 0.05) is 6.54 Å². The molecule has 1 heterocycles. The minimum atomic E-state index is -4.45. The smallest absolute Gasteiger partial charge is 0.415 e. The predicted molar refractivity (Wildman–Crippen MR) is 56.3 cm³/mol. The van der Waals surface area contributed by atoms with Crippen molar-refractivity contribution in [2.45, 2.75) is 18.9 Å². The first-order valence-corrected chi connectivity index (χ1v) is 5.27. The fraction of sp³-hybridized carbons (Fsp3) is 0.455. The summed E-state index contributed by atoms with van der Waals surface area (Å²) in [6.07, 6.45) is -6.41. The van der Waals surface area contributed by atoms with Crippen molar-refractivity contribution in [2.75, 3.05) is 13.3 Å². The molecule has 1 aromatic carbocycles. The van der Waals surface area contributed by atoms with Crippen LogP contribution in [-0.2, 0) is 11.3 Å². The van der Waals surface area contributed by atoms with Crippen molar-refractivity contribution in [1.82, 2.24) is 0 Å². The van der Waals surface area contributed by atoms with Crippen LogP contribution in [0.3, 0.4) is 0 Å². The van der Waals surface area contributed by atoms with Crippen molar-refractivity contribution in [3.8, 4) is 11.5 Å². The van der Waals surface area contributed by atoms with Gasteiger partial charge in [0.25, 0.3) is 0 Å². The Labute approximate surface area is 101 Å². The minimum absolute atomic E-state index is 0.119. The van der Waals surface area contributed by atoms with Gasteiger partial charge in [-0.25, -0.2) is 0 Å². The molecule has 0 radical (unpaired) electrons. The number of ether oxygens (including phenoxy) is 3. The summed E-state index contributed by atoms with van der Waals surface area (Å²) >= 11 is 0. The van der Waals surface area contributed by atoms with Crippen molar-refractivity contribution in [3.05, 3.63) is 23.8 Å². The zero-order valence-corrected chi connectivity index (χ0v) is 9.37. The summed E-state index contributed by atoms with van der Waals surface area (Å²) in [5.41, 5.74) is 5.59. The van der Waals surface area contributed by atoms with Crippen molar-refractivity contribution in [3.63, 3.8) is 0 Å².